The Morgan fingerprint density at radius 1 is 0.962 bits per heavy atom. The summed E-state index contributed by atoms with van der Waals surface area (Å²) in [7, 11) is 0. The number of para-hydroxylation sites is 1. The molecule has 4 nitrogen and oxygen atoms in total. The zero-order valence-electron chi connectivity index (χ0n) is 14.1. The van der Waals surface area contributed by atoms with Gasteiger partial charge in [-0.2, -0.15) is 0 Å². The maximum atomic E-state index is 6.22. The van der Waals surface area contributed by atoms with Crippen LogP contribution in [0.15, 0.2) is 83.5 Å². The molecule has 0 saturated heterocycles. The Labute approximate surface area is 150 Å². The second-order valence-corrected chi connectivity index (χ2v) is 6.40. The van der Waals surface area contributed by atoms with Gasteiger partial charge in [0, 0.05) is 23.5 Å². The van der Waals surface area contributed by atoms with Gasteiger partial charge in [-0.25, -0.2) is 4.98 Å². The van der Waals surface area contributed by atoms with Crippen molar-refractivity contribution in [2.24, 2.45) is 0 Å². The van der Waals surface area contributed by atoms with Crippen LogP contribution in [-0.4, -0.2) is 9.55 Å². The van der Waals surface area contributed by atoms with E-state index in [-0.39, 0.29) is 0 Å². The van der Waals surface area contributed by atoms with Crippen LogP contribution in [0.2, 0.25) is 0 Å². The molecule has 0 saturated carbocycles. The zero-order valence-corrected chi connectivity index (χ0v) is 14.1. The van der Waals surface area contributed by atoms with E-state index < -0.39 is 0 Å². The minimum atomic E-state index is 0.481. The number of nitrogens with zero attached hydrogens (tertiary/aromatic N) is 2. The lowest BCUT2D eigenvalue weighted by atomic mass is 10.1. The van der Waals surface area contributed by atoms with E-state index in [1.54, 1.807) is 0 Å². The van der Waals surface area contributed by atoms with E-state index in [1.807, 2.05) is 42.6 Å². The van der Waals surface area contributed by atoms with Crippen molar-refractivity contribution in [2.45, 2.75) is 6.54 Å². The number of nitrogen functional groups attached to an aromatic ring is 1. The SMILES string of the molecule is Nc1ncc2c(ccn2Cc2ccccc2)c1-c1cc2ccccc2o1. The predicted octanol–water partition coefficient (Wildman–Crippen LogP) is 5.08. The van der Waals surface area contributed by atoms with Crippen molar-refractivity contribution >= 4 is 27.7 Å². The van der Waals surface area contributed by atoms with Crippen molar-refractivity contribution in [3.8, 4) is 11.3 Å². The number of hydrogen-bond acceptors (Lipinski definition) is 3. The molecule has 0 amide bonds. The van der Waals surface area contributed by atoms with Crippen LogP contribution in [0.3, 0.4) is 0 Å². The van der Waals surface area contributed by atoms with Gasteiger partial charge < -0.3 is 14.7 Å². The van der Waals surface area contributed by atoms with Crippen molar-refractivity contribution in [2.75, 3.05) is 5.73 Å². The van der Waals surface area contributed by atoms with Gasteiger partial charge in [0.05, 0.1) is 17.3 Å². The molecule has 2 aromatic carbocycles. The molecule has 4 heteroatoms. The van der Waals surface area contributed by atoms with Crippen LogP contribution in [0, 0.1) is 0 Å². The molecule has 0 aliphatic rings. The number of anilines is 1. The van der Waals surface area contributed by atoms with Crippen LogP contribution in [0.1, 0.15) is 5.56 Å². The molecule has 0 unspecified atom stereocenters. The maximum absolute atomic E-state index is 6.22. The van der Waals surface area contributed by atoms with Gasteiger partial charge in [0.15, 0.2) is 0 Å². The minimum Gasteiger partial charge on any atom is -0.456 e. The van der Waals surface area contributed by atoms with Crippen molar-refractivity contribution in [1.82, 2.24) is 9.55 Å². The monoisotopic (exact) mass is 339 g/mol. The van der Waals surface area contributed by atoms with E-state index in [0.29, 0.717) is 5.82 Å². The second-order valence-electron chi connectivity index (χ2n) is 6.40. The predicted molar refractivity (Wildman–Crippen MR) is 105 cm³/mol. The van der Waals surface area contributed by atoms with Crippen LogP contribution in [0.4, 0.5) is 5.82 Å². The Morgan fingerprint density at radius 3 is 2.62 bits per heavy atom. The third-order valence-electron chi connectivity index (χ3n) is 4.73. The highest BCUT2D eigenvalue weighted by molar-refractivity contribution is 6.00. The molecule has 0 radical (unpaired) electrons. The lowest BCUT2D eigenvalue weighted by molar-refractivity contribution is 0.632. The summed E-state index contributed by atoms with van der Waals surface area (Å²) < 4.78 is 8.23. The first-order valence-electron chi connectivity index (χ1n) is 8.56. The number of nitrogens with two attached hydrogens (primary N) is 1. The molecule has 0 aliphatic carbocycles. The molecule has 0 spiro atoms. The summed E-state index contributed by atoms with van der Waals surface area (Å²) in [6.45, 7) is 0.787. The molecule has 0 bridgehead atoms. The van der Waals surface area contributed by atoms with Crippen molar-refractivity contribution in [3.63, 3.8) is 0 Å². The van der Waals surface area contributed by atoms with E-state index >= 15 is 0 Å². The third-order valence-corrected chi connectivity index (χ3v) is 4.73. The van der Waals surface area contributed by atoms with E-state index in [9.17, 15) is 0 Å². The van der Waals surface area contributed by atoms with Gasteiger partial charge in [-0.1, -0.05) is 48.5 Å². The lowest BCUT2D eigenvalue weighted by Gasteiger charge is -2.08. The van der Waals surface area contributed by atoms with Crippen LogP contribution >= 0.6 is 0 Å². The fraction of sp³-hybridized carbons (Fsp3) is 0.0455. The Morgan fingerprint density at radius 2 is 1.77 bits per heavy atom. The first-order chi connectivity index (χ1) is 12.8. The van der Waals surface area contributed by atoms with Gasteiger partial charge in [-0.3, -0.25) is 0 Å². The molecule has 5 aromatic rings. The topological polar surface area (TPSA) is 57.0 Å². The number of benzene rings is 2. The standard InChI is InChI=1S/C22H17N3O/c23-22-21(20-12-16-8-4-5-9-19(16)26-20)17-10-11-25(18(17)13-24-22)14-15-6-2-1-3-7-15/h1-13H,14H2,(H2,23,24). The van der Waals surface area contributed by atoms with Crippen LogP contribution in [0.5, 0.6) is 0 Å². The summed E-state index contributed by atoms with van der Waals surface area (Å²) in [6, 6.07) is 22.4. The molecule has 3 heterocycles. The summed E-state index contributed by atoms with van der Waals surface area (Å²) >= 11 is 0. The summed E-state index contributed by atoms with van der Waals surface area (Å²) in [6.07, 6.45) is 3.91. The van der Waals surface area contributed by atoms with E-state index in [2.05, 4.69) is 46.1 Å². The quantitative estimate of drug-likeness (QED) is 0.499. The molecule has 0 fully saturated rings. The Kier molecular flexibility index (Phi) is 3.28. The molecule has 0 atom stereocenters. The average molecular weight is 339 g/mol. The number of aromatic nitrogens is 2. The highest BCUT2D eigenvalue weighted by Gasteiger charge is 2.16. The number of rotatable bonds is 3. The third kappa shape index (κ3) is 2.35. The van der Waals surface area contributed by atoms with Crippen LogP contribution in [0.25, 0.3) is 33.2 Å². The smallest absolute Gasteiger partial charge is 0.139 e. The van der Waals surface area contributed by atoms with Gasteiger partial charge in [-0.05, 0) is 23.8 Å². The first-order valence-corrected chi connectivity index (χ1v) is 8.56. The van der Waals surface area contributed by atoms with Crippen molar-refractivity contribution < 1.29 is 4.42 Å². The number of pyridine rings is 1. The Balaban J connectivity index is 1.67. The van der Waals surface area contributed by atoms with Gasteiger partial charge in [0.2, 0.25) is 0 Å². The molecule has 2 N–H and O–H groups in total. The fourth-order valence-corrected chi connectivity index (χ4v) is 3.46. The highest BCUT2D eigenvalue weighted by atomic mass is 16.3. The number of hydrogen-bond donors (Lipinski definition) is 1. The lowest BCUT2D eigenvalue weighted by Crippen LogP contribution is -1.99. The molecule has 3 aromatic heterocycles. The first kappa shape index (κ1) is 14.8. The van der Waals surface area contributed by atoms with E-state index in [1.165, 1.54) is 5.56 Å². The molecule has 5 rings (SSSR count). The van der Waals surface area contributed by atoms with E-state index in [0.717, 1.165) is 39.7 Å². The highest BCUT2D eigenvalue weighted by Crippen LogP contribution is 2.36. The van der Waals surface area contributed by atoms with Gasteiger partial charge in [-0.15, -0.1) is 0 Å². The van der Waals surface area contributed by atoms with E-state index in [4.69, 9.17) is 10.2 Å². The van der Waals surface area contributed by atoms with Crippen LogP contribution in [-0.2, 0) is 6.54 Å². The molecule has 0 aliphatic heterocycles. The summed E-state index contributed by atoms with van der Waals surface area (Å²) in [4.78, 5) is 4.43. The normalized spacial score (nSPS) is 11.4. The average Bonchev–Trinajstić information content (AvgIpc) is 3.26. The fourth-order valence-electron chi connectivity index (χ4n) is 3.46. The minimum absolute atomic E-state index is 0.481. The zero-order chi connectivity index (χ0) is 17.5. The molecule has 26 heavy (non-hydrogen) atoms. The molecular formula is C22H17N3O. The molecular weight excluding hydrogens is 322 g/mol. The molecule has 126 valence electrons. The van der Waals surface area contributed by atoms with Crippen LogP contribution < -0.4 is 5.73 Å². The van der Waals surface area contributed by atoms with Crippen molar-refractivity contribution in [1.29, 1.82) is 0 Å². The summed E-state index contributed by atoms with van der Waals surface area (Å²) in [5.41, 5.74) is 10.2. The van der Waals surface area contributed by atoms with Crippen molar-refractivity contribution in [3.05, 3.63) is 84.7 Å². The Hall–Kier alpha value is -3.53. The van der Waals surface area contributed by atoms with Gasteiger partial charge in [0.25, 0.3) is 0 Å². The Bertz CT molecular complexity index is 1190. The van der Waals surface area contributed by atoms with Gasteiger partial charge >= 0.3 is 0 Å². The summed E-state index contributed by atoms with van der Waals surface area (Å²) in [5, 5.41) is 2.11. The maximum Gasteiger partial charge on any atom is 0.139 e. The number of fused-ring (bicyclic) bond motifs is 2. The largest absolute Gasteiger partial charge is 0.456 e. The van der Waals surface area contributed by atoms with Gasteiger partial charge in [0.1, 0.15) is 17.2 Å². The second kappa shape index (κ2) is 5.77. The number of furan rings is 1. The summed E-state index contributed by atoms with van der Waals surface area (Å²) in [5.74, 6) is 1.23.